The van der Waals surface area contributed by atoms with Crippen LogP contribution in [0.1, 0.15) is 26.1 Å². The lowest BCUT2D eigenvalue weighted by Crippen LogP contribution is -2.32. The summed E-state index contributed by atoms with van der Waals surface area (Å²) < 4.78 is 2.11. The molecule has 1 aliphatic rings. The first-order chi connectivity index (χ1) is 7.83. The molecule has 0 bridgehead atoms. The topological polar surface area (TPSA) is 46.0 Å². The minimum Gasteiger partial charge on any atom is -0.317 e. The summed E-state index contributed by atoms with van der Waals surface area (Å²) in [4.78, 5) is 2.45. The van der Waals surface area contributed by atoms with Crippen molar-refractivity contribution in [2.24, 2.45) is 0 Å². The lowest BCUT2D eigenvalue weighted by Gasteiger charge is -2.15. The Morgan fingerprint density at radius 1 is 1.50 bits per heavy atom. The molecule has 1 unspecified atom stereocenters. The molecule has 2 heterocycles. The van der Waals surface area contributed by atoms with E-state index in [2.05, 4.69) is 38.8 Å². The van der Waals surface area contributed by atoms with Gasteiger partial charge in [-0.1, -0.05) is 6.92 Å². The first kappa shape index (κ1) is 11.5. The second-order valence-electron chi connectivity index (χ2n) is 4.31. The van der Waals surface area contributed by atoms with E-state index in [1.54, 1.807) is 0 Å². The molecule has 1 aromatic heterocycles. The molecule has 0 radical (unpaired) electrons. The van der Waals surface area contributed by atoms with E-state index in [1.165, 1.54) is 6.42 Å². The Balaban J connectivity index is 1.87. The molecule has 1 N–H and O–H groups in total. The van der Waals surface area contributed by atoms with Gasteiger partial charge >= 0.3 is 0 Å². The van der Waals surface area contributed by atoms with Gasteiger partial charge in [0.1, 0.15) is 12.2 Å². The summed E-state index contributed by atoms with van der Waals surface area (Å²) in [6.45, 7) is 9.51. The van der Waals surface area contributed by atoms with Gasteiger partial charge < -0.3 is 9.88 Å². The largest absolute Gasteiger partial charge is 0.317 e. The van der Waals surface area contributed by atoms with Crippen LogP contribution in [0.3, 0.4) is 0 Å². The van der Waals surface area contributed by atoms with Crippen molar-refractivity contribution in [2.75, 3.05) is 19.6 Å². The van der Waals surface area contributed by atoms with Gasteiger partial charge in [-0.25, -0.2) is 0 Å². The molecular formula is C11H21N5. The molecule has 0 spiro atoms. The van der Waals surface area contributed by atoms with Crippen LogP contribution in [0.2, 0.25) is 0 Å². The average molecular weight is 223 g/mol. The highest BCUT2D eigenvalue weighted by Gasteiger charge is 2.22. The van der Waals surface area contributed by atoms with Crippen molar-refractivity contribution < 1.29 is 0 Å². The van der Waals surface area contributed by atoms with Crippen molar-refractivity contribution in [1.82, 2.24) is 25.0 Å². The highest BCUT2D eigenvalue weighted by molar-refractivity contribution is 4.89. The van der Waals surface area contributed by atoms with Crippen LogP contribution in [0.5, 0.6) is 0 Å². The molecule has 16 heavy (non-hydrogen) atoms. The molecule has 5 heteroatoms. The van der Waals surface area contributed by atoms with E-state index >= 15 is 0 Å². The monoisotopic (exact) mass is 223 g/mol. The Morgan fingerprint density at radius 2 is 2.38 bits per heavy atom. The lowest BCUT2D eigenvalue weighted by molar-refractivity contribution is 0.307. The quantitative estimate of drug-likeness (QED) is 0.789. The molecule has 0 amide bonds. The van der Waals surface area contributed by atoms with E-state index in [1.807, 2.05) is 6.33 Å². The maximum atomic E-state index is 4.17. The van der Waals surface area contributed by atoms with E-state index < -0.39 is 0 Å². The molecule has 2 rings (SSSR count). The number of aryl methyl sites for hydroxylation is 1. The minimum absolute atomic E-state index is 0.656. The van der Waals surface area contributed by atoms with E-state index in [0.717, 1.165) is 38.5 Å². The summed E-state index contributed by atoms with van der Waals surface area (Å²) in [7, 11) is 0. The van der Waals surface area contributed by atoms with Gasteiger partial charge in [-0.15, -0.1) is 10.2 Å². The summed E-state index contributed by atoms with van der Waals surface area (Å²) in [6, 6.07) is 0.656. The molecule has 0 aromatic carbocycles. The van der Waals surface area contributed by atoms with Crippen LogP contribution >= 0.6 is 0 Å². The zero-order valence-electron chi connectivity index (χ0n) is 10.2. The Bertz CT molecular complexity index is 322. The fourth-order valence-corrected chi connectivity index (χ4v) is 2.30. The number of nitrogens with one attached hydrogen (secondary N) is 1. The number of likely N-dealkylation sites (tertiary alicyclic amines) is 1. The van der Waals surface area contributed by atoms with Crippen LogP contribution in [-0.4, -0.2) is 45.3 Å². The first-order valence-corrected chi connectivity index (χ1v) is 6.16. The van der Waals surface area contributed by atoms with Crippen molar-refractivity contribution in [3.05, 3.63) is 12.2 Å². The Hall–Kier alpha value is -0.940. The number of likely N-dealkylation sites (N-methyl/N-ethyl adjacent to an activating group) is 1. The maximum absolute atomic E-state index is 4.17. The number of hydrogen-bond donors (Lipinski definition) is 1. The summed E-state index contributed by atoms with van der Waals surface area (Å²) in [5.41, 5.74) is 0. The Kier molecular flexibility index (Phi) is 3.90. The molecule has 5 nitrogen and oxygen atoms in total. The number of aromatic nitrogens is 3. The molecule has 1 aromatic rings. The van der Waals surface area contributed by atoms with E-state index in [-0.39, 0.29) is 0 Å². The molecule has 90 valence electrons. The highest BCUT2D eigenvalue weighted by Crippen LogP contribution is 2.12. The fraction of sp³-hybridized carbons (Fsp3) is 0.818. The first-order valence-electron chi connectivity index (χ1n) is 6.16. The van der Waals surface area contributed by atoms with Gasteiger partial charge in [-0.3, -0.25) is 4.90 Å². The number of nitrogens with zero attached hydrogens (tertiary/aromatic N) is 4. The van der Waals surface area contributed by atoms with Gasteiger partial charge in [-0.05, 0) is 19.9 Å². The fourth-order valence-electron chi connectivity index (χ4n) is 2.30. The molecule has 1 fully saturated rings. The summed E-state index contributed by atoms with van der Waals surface area (Å²) in [5, 5.41) is 11.6. The van der Waals surface area contributed by atoms with Crippen LogP contribution < -0.4 is 5.32 Å². The molecule has 1 saturated heterocycles. The Morgan fingerprint density at radius 3 is 3.12 bits per heavy atom. The summed E-state index contributed by atoms with van der Waals surface area (Å²) in [6.07, 6.45) is 3.06. The average Bonchev–Trinajstić information content (AvgIpc) is 2.89. The van der Waals surface area contributed by atoms with E-state index in [4.69, 9.17) is 0 Å². The van der Waals surface area contributed by atoms with Crippen molar-refractivity contribution in [1.29, 1.82) is 0 Å². The third kappa shape index (κ3) is 2.59. The van der Waals surface area contributed by atoms with Crippen molar-refractivity contribution in [3.63, 3.8) is 0 Å². The van der Waals surface area contributed by atoms with Crippen molar-refractivity contribution in [2.45, 2.75) is 39.4 Å². The van der Waals surface area contributed by atoms with Crippen LogP contribution in [0, 0.1) is 0 Å². The third-order valence-corrected chi connectivity index (χ3v) is 3.17. The van der Waals surface area contributed by atoms with Gasteiger partial charge in [0.05, 0.1) is 6.54 Å². The van der Waals surface area contributed by atoms with Gasteiger partial charge in [-0.2, -0.15) is 0 Å². The SMILES string of the molecule is CCNC1CCN(Cc2nncn2CC)C1. The summed E-state index contributed by atoms with van der Waals surface area (Å²) in [5.74, 6) is 1.08. The zero-order chi connectivity index (χ0) is 11.4. The Labute approximate surface area is 96.8 Å². The van der Waals surface area contributed by atoms with Crippen LogP contribution in [0.25, 0.3) is 0 Å². The van der Waals surface area contributed by atoms with Crippen LogP contribution in [-0.2, 0) is 13.1 Å². The van der Waals surface area contributed by atoms with Gasteiger partial charge in [0, 0.05) is 25.7 Å². The lowest BCUT2D eigenvalue weighted by atomic mass is 10.3. The summed E-state index contributed by atoms with van der Waals surface area (Å²) >= 11 is 0. The molecule has 0 aliphatic carbocycles. The maximum Gasteiger partial charge on any atom is 0.146 e. The van der Waals surface area contributed by atoms with Gasteiger partial charge in [0.25, 0.3) is 0 Å². The van der Waals surface area contributed by atoms with Gasteiger partial charge in [0.2, 0.25) is 0 Å². The van der Waals surface area contributed by atoms with E-state index in [9.17, 15) is 0 Å². The van der Waals surface area contributed by atoms with Crippen molar-refractivity contribution >= 4 is 0 Å². The molecule has 1 aliphatic heterocycles. The van der Waals surface area contributed by atoms with Crippen LogP contribution in [0.15, 0.2) is 6.33 Å². The standard InChI is InChI=1S/C11H21N5/c1-3-12-10-5-6-15(7-10)8-11-14-13-9-16(11)4-2/h9-10,12H,3-8H2,1-2H3. The number of rotatable bonds is 5. The second-order valence-corrected chi connectivity index (χ2v) is 4.31. The third-order valence-electron chi connectivity index (χ3n) is 3.17. The van der Waals surface area contributed by atoms with Gasteiger partial charge in [0.15, 0.2) is 0 Å². The molecule has 0 saturated carbocycles. The highest BCUT2D eigenvalue weighted by atomic mass is 15.3. The normalized spacial score (nSPS) is 21.8. The minimum atomic E-state index is 0.656. The van der Waals surface area contributed by atoms with E-state index in [0.29, 0.717) is 6.04 Å². The smallest absolute Gasteiger partial charge is 0.146 e. The number of hydrogen-bond acceptors (Lipinski definition) is 4. The zero-order valence-corrected chi connectivity index (χ0v) is 10.2. The molecule has 1 atom stereocenters. The predicted octanol–water partition coefficient (Wildman–Crippen LogP) is 0.482. The predicted molar refractivity (Wildman–Crippen MR) is 63.1 cm³/mol. The van der Waals surface area contributed by atoms with Crippen LogP contribution in [0.4, 0.5) is 0 Å². The van der Waals surface area contributed by atoms with Crippen molar-refractivity contribution in [3.8, 4) is 0 Å². The molecular weight excluding hydrogens is 202 g/mol. The second kappa shape index (κ2) is 5.41.